The summed E-state index contributed by atoms with van der Waals surface area (Å²) in [7, 11) is 0. The maximum absolute atomic E-state index is 11.6. The van der Waals surface area contributed by atoms with Gasteiger partial charge in [0.1, 0.15) is 0 Å². The summed E-state index contributed by atoms with van der Waals surface area (Å²) in [5.74, 6) is -0.949. The van der Waals surface area contributed by atoms with Crippen molar-refractivity contribution in [3.63, 3.8) is 0 Å². The molecular weight excluding hydrogens is 286 g/mol. The second kappa shape index (κ2) is 5.76. The van der Waals surface area contributed by atoms with E-state index in [1.807, 2.05) is 0 Å². The van der Waals surface area contributed by atoms with Gasteiger partial charge in [0.2, 0.25) is 0 Å². The van der Waals surface area contributed by atoms with Crippen LogP contribution in [0, 0.1) is 15.5 Å². The van der Waals surface area contributed by atoms with Crippen molar-refractivity contribution in [3.8, 4) is 0 Å². The average molecular weight is 300 g/mol. The first-order valence-corrected chi connectivity index (χ1v) is 6.56. The molecule has 1 heterocycles. The van der Waals surface area contributed by atoms with Crippen molar-refractivity contribution in [1.29, 1.82) is 0 Å². The minimum atomic E-state index is -1.02. The molecule has 0 spiro atoms. The Morgan fingerprint density at radius 2 is 2.10 bits per heavy atom. The predicted octanol–water partition coefficient (Wildman–Crippen LogP) is 2.67. The summed E-state index contributed by atoms with van der Waals surface area (Å²) in [6, 6.07) is 4.22. The van der Waals surface area contributed by atoms with Crippen LogP contribution in [0.15, 0.2) is 18.2 Å². The average Bonchev–Trinajstić information content (AvgIpc) is 2.39. The van der Waals surface area contributed by atoms with Crippen molar-refractivity contribution in [1.82, 2.24) is 0 Å². The molecule has 1 aromatic carbocycles. The lowest BCUT2D eigenvalue weighted by Crippen LogP contribution is -2.39. The molecule has 0 saturated carbocycles. The van der Waals surface area contributed by atoms with Gasteiger partial charge in [-0.2, -0.15) is 0 Å². The zero-order chi connectivity index (χ0) is 14.8. The van der Waals surface area contributed by atoms with Crippen LogP contribution in [0.5, 0.6) is 0 Å². The molecule has 0 radical (unpaired) electrons. The number of carbonyl (C=O) groups is 1. The first-order valence-electron chi connectivity index (χ1n) is 6.19. The summed E-state index contributed by atoms with van der Waals surface area (Å²) in [4.78, 5) is 22.1. The molecule has 0 atom stereocenters. The molecule has 7 heteroatoms. The number of benzene rings is 1. The molecule has 1 fully saturated rings. The van der Waals surface area contributed by atoms with Gasteiger partial charge in [0.25, 0.3) is 5.69 Å². The van der Waals surface area contributed by atoms with Gasteiger partial charge >= 0.3 is 5.97 Å². The fraction of sp³-hybridized carbons (Fsp3) is 0.462. The third kappa shape index (κ3) is 2.91. The molecule has 2 rings (SSSR count). The van der Waals surface area contributed by atoms with Gasteiger partial charge in [-0.3, -0.25) is 14.9 Å². The Kier molecular flexibility index (Phi) is 4.25. The molecule has 0 aliphatic carbocycles. The second-order valence-electron chi connectivity index (χ2n) is 4.90. The van der Waals surface area contributed by atoms with Crippen molar-refractivity contribution in [3.05, 3.63) is 38.9 Å². The predicted molar refractivity (Wildman–Crippen MR) is 71.9 cm³/mol. The lowest BCUT2D eigenvalue weighted by atomic mass is 9.75. The lowest BCUT2D eigenvalue weighted by Gasteiger charge is -2.33. The fourth-order valence-corrected chi connectivity index (χ4v) is 2.66. The number of nitrogens with zero attached hydrogens (tertiary/aromatic N) is 1. The summed E-state index contributed by atoms with van der Waals surface area (Å²) in [5, 5.41) is 20.9. The monoisotopic (exact) mass is 299 g/mol. The summed E-state index contributed by atoms with van der Waals surface area (Å²) in [6.45, 7) is 0.696. The van der Waals surface area contributed by atoms with E-state index in [2.05, 4.69) is 0 Å². The number of rotatable bonds is 4. The number of ether oxygens (including phenoxy) is 1. The van der Waals surface area contributed by atoms with E-state index in [-0.39, 0.29) is 12.1 Å². The molecular formula is C13H14ClNO5. The minimum Gasteiger partial charge on any atom is -0.481 e. The van der Waals surface area contributed by atoms with Gasteiger partial charge in [-0.25, -0.2) is 0 Å². The molecule has 1 N–H and O–H groups in total. The highest BCUT2D eigenvalue weighted by Gasteiger charge is 2.41. The SMILES string of the molecule is O=C(O)C1(Cc2cc(Cl)ccc2[N+](=O)[O-])CCOCC1. The standard InChI is InChI=1S/C13H14ClNO5/c14-10-1-2-11(15(18)19)9(7-10)8-13(12(16)17)3-5-20-6-4-13/h1-2,7H,3-6,8H2,(H,16,17). The van der Waals surface area contributed by atoms with Crippen molar-refractivity contribution in [2.24, 2.45) is 5.41 Å². The molecule has 1 aliphatic rings. The molecule has 1 aliphatic heterocycles. The van der Waals surface area contributed by atoms with Crippen molar-refractivity contribution >= 4 is 23.3 Å². The van der Waals surface area contributed by atoms with E-state index in [0.717, 1.165) is 0 Å². The highest BCUT2D eigenvalue weighted by molar-refractivity contribution is 6.30. The number of aliphatic carboxylic acids is 1. The maximum atomic E-state index is 11.6. The maximum Gasteiger partial charge on any atom is 0.310 e. The van der Waals surface area contributed by atoms with E-state index in [1.54, 1.807) is 0 Å². The van der Waals surface area contributed by atoms with Crippen molar-refractivity contribution in [2.75, 3.05) is 13.2 Å². The Labute approximate surface area is 120 Å². The van der Waals surface area contributed by atoms with Gasteiger partial charge in [-0.05, 0) is 31.4 Å². The molecule has 0 unspecified atom stereocenters. The Morgan fingerprint density at radius 3 is 2.65 bits per heavy atom. The number of halogens is 1. The minimum absolute atomic E-state index is 0.0859. The van der Waals surface area contributed by atoms with E-state index in [0.29, 0.717) is 36.6 Å². The molecule has 6 nitrogen and oxygen atoms in total. The Hall–Kier alpha value is -1.66. The highest BCUT2D eigenvalue weighted by Crippen LogP contribution is 2.37. The van der Waals surface area contributed by atoms with Gasteiger partial charge in [0, 0.05) is 29.9 Å². The van der Waals surface area contributed by atoms with Crippen molar-refractivity contribution in [2.45, 2.75) is 19.3 Å². The zero-order valence-corrected chi connectivity index (χ0v) is 11.4. The fourth-order valence-electron chi connectivity index (χ4n) is 2.47. The number of nitro groups is 1. The van der Waals surface area contributed by atoms with E-state index in [1.165, 1.54) is 18.2 Å². The summed E-state index contributed by atoms with van der Waals surface area (Å²) < 4.78 is 5.19. The second-order valence-corrected chi connectivity index (χ2v) is 5.34. The normalized spacial score (nSPS) is 17.6. The number of carboxylic acid groups (broad SMARTS) is 1. The molecule has 0 bridgehead atoms. The Morgan fingerprint density at radius 1 is 1.45 bits per heavy atom. The van der Waals surface area contributed by atoms with Crippen molar-refractivity contribution < 1.29 is 19.6 Å². The molecule has 1 saturated heterocycles. The zero-order valence-electron chi connectivity index (χ0n) is 10.7. The smallest absolute Gasteiger partial charge is 0.310 e. The number of hydrogen-bond acceptors (Lipinski definition) is 4. The van der Waals surface area contributed by atoms with Crippen LogP contribution in [-0.4, -0.2) is 29.2 Å². The van der Waals surface area contributed by atoms with Crippen LogP contribution >= 0.6 is 11.6 Å². The number of hydrogen-bond donors (Lipinski definition) is 1. The third-order valence-corrected chi connectivity index (χ3v) is 3.91. The molecule has 20 heavy (non-hydrogen) atoms. The molecule has 0 aromatic heterocycles. The first kappa shape index (κ1) is 14.7. The topological polar surface area (TPSA) is 89.7 Å². The van der Waals surface area contributed by atoms with E-state index in [9.17, 15) is 20.0 Å². The largest absolute Gasteiger partial charge is 0.481 e. The number of carboxylic acids is 1. The van der Waals surface area contributed by atoms with Crippen LogP contribution < -0.4 is 0 Å². The van der Waals surface area contributed by atoms with Gasteiger partial charge < -0.3 is 9.84 Å². The highest BCUT2D eigenvalue weighted by atomic mass is 35.5. The number of nitro benzene ring substituents is 1. The van der Waals surface area contributed by atoms with Crippen LogP contribution in [0.3, 0.4) is 0 Å². The van der Waals surface area contributed by atoms with Crippen LogP contribution in [-0.2, 0) is 16.0 Å². The summed E-state index contributed by atoms with van der Waals surface area (Å²) in [6.07, 6.45) is 0.764. The van der Waals surface area contributed by atoms with E-state index >= 15 is 0 Å². The molecule has 0 amide bonds. The summed E-state index contributed by atoms with van der Waals surface area (Å²) in [5.41, 5.74) is -0.762. The van der Waals surface area contributed by atoms with E-state index < -0.39 is 16.3 Å². The van der Waals surface area contributed by atoms with Gasteiger partial charge in [0.05, 0.1) is 10.3 Å². The first-order chi connectivity index (χ1) is 9.44. The molecule has 1 aromatic rings. The van der Waals surface area contributed by atoms with Gasteiger partial charge in [-0.1, -0.05) is 11.6 Å². The van der Waals surface area contributed by atoms with Crippen LogP contribution in [0.1, 0.15) is 18.4 Å². The molecule has 108 valence electrons. The quantitative estimate of drug-likeness (QED) is 0.682. The van der Waals surface area contributed by atoms with Crippen LogP contribution in [0.2, 0.25) is 5.02 Å². The lowest BCUT2D eigenvalue weighted by molar-refractivity contribution is -0.385. The van der Waals surface area contributed by atoms with Gasteiger partial charge in [0.15, 0.2) is 0 Å². The van der Waals surface area contributed by atoms with E-state index in [4.69, 9.17) is 16.3 Å². The Balaban J connectivity index is 2.38. The summed E-state index contributed by atoms with van der Waals surface area (Å²) >= 11 is 5.87. The van der Waals surface area contributed by atoms with Crippen LogP contribution in [0.25, 0.3) is 0 Å². The van der Waals surface area contributed by atoms with Crippen LogP contribution in [0.4, 0.5) is 5.69 Å². The Bertz CT molecular complexity index is 540. The van der Waals surface area contributed by atoms with Gasteiger partial charge in [-0.15, -0.1) is 0 Å². The third-order valence-electron chi connectivity index (χ3n) is 3.67.